The summed E-state index contributed by atoms with van der Waals surface area (Å²) in [5.74, 6) is 0.158. The number of anilines is 1. The molecule has 1 amide bonds. The largest absolute Gasteiger partial charge is 0.373 e. The summed E-state index contributed by atoms with van der Waals surface area (Å²) in [6.07, 6.45) is 5.43. The van der Waals surface area contributed by atoms with E-state index in [1.807, 2.05) is 18.2 Å². The highest BCUT2D eigenvalue weighted by Gasteiger charge is 2.31. The molecule has 1 atom stereocenters. The average molecular weight is 272 g/mol. The fourth-order valence-electron chi connectivity index (χ4n) is 3.30. The summed E-state index contributed by atoms with van der Waals surface area (Å²) in [7, 11) is 0. The number of fused-ring (bicyclic) bond motifs is 1. The van der Waals surface area contributed by atoms with Gasteiger partial charge in [0.25, 0.3) is 0 Å². The first-order chi connectivity index (χ1) is 9.53. The smallest absolute Gasteiger partial charge is 0.243 e. The minimum atomic E-state index is -0.0951. The number of nitrogens with one attached hydrogen (secondary N) is 2. The lowest BCUT2D eigenvalue weighted by atomic mass is 9.75. The number of hydrogen-bond donors (Lipinski definition) is 2. The molecule has 1 aliphatic carbocycles. The number of benzene rings is 1. The van der Waals surface area contributed by atoms with E-state index < -0.39 is 0 Å². The van der Waals surface area contributed by atoms with Gasteiger partial charge < -0.3 is 10.6 Å². The van der Waals surface area contributed by atoms with Crippen molar-refractivity contribution in [3.63, 3.8) is 0 Å². The van der Waals surface area contributed by atoms with Crippen LogP contribution in [0.15, 0.2) is 24.3 Å². The van der Waals surface area contributed by atoms with Crippen LogP contribution in [0.5, 0.6) is 0 Å². The zero-order chi connectivity index (χ0) is 14.2. The molecule has 3 nitrogen and oxygen atoms in total. The van der Waals surface area contributed by atoms with Gasteiger partial charge in [0.15, 0.2) is 0 Å². The molecule has 108 valence electrons. The number of para-hydroxylation sites is 1. The Morgan fingerprint density at radius 1 is 1.25 bits per heavy atom. The maximum Gasteiger partial charge on any atom is 0.243 e. The van der Waals surface area contributed by atoms with Crippen molar-refractivity contribution >= 4 is 11.6 Å². The Balaban J connectivity index is 1.54. The lowest BCUT2D eigenvalue weighted by Crippen LogP contribution is -2.45. The second kappa shape index (κ2) is 5.12. The summed E-state index contributed by atoms with van der Waals surface area (Å²) in [5.41, 5.74) is 2.80. The van der Waals surface area contributed by atoms with E-state index in [1.165, 1.54) is 18.4 Å². The van der Waals surface area contributed by atoms with Gasteiger partial charge in [-0.25, -0.2) is 0 Å². The van der Waals surface area contributed by atoms with Gasteiger partial charge in [0.2, 0.25) is 5.91 Å². The minimum Gasteiger partial charge on any atom is -0.373 e. The van der Waals surface area contributed by atoms with E-state index in [-0.39, 0.29) is 11.9 Å². The van der Waals surface area contributed by atoms with E-state index in [0.717, 1.165) is 24.9 Å². The van der Waals surface area contributed by atoms with Crippen LogP contribution < -0.4 is 10.6 Å². The van der Waals surface area contributed by atoms with E-state index in [9.17, 15) is 4.79 Å². The number of amides is 1. The molecule has 1 aromatic rings. The van der Waals surface area contributed by atoms with Gasteiger partial charge in [0.1, 0.15) is 6.04 Å². The monoisotopic (exact) mass is 272 g/mol. The lowest BCUT2D eigenvalue weighted by Gasteiger charge is -2.35. The number of rotatable bonds is 2. The fourth-order valence-corrected chi connectivity index (χ4v) is 3.30. The number of carbonyl (C=O) groups excluding carboxylic acids is 1. The number of carbonyl (C=O) groups is 1. The minimum absolute atomic E-state index is 0.0951. The molecule has 2 N–H and O–H groups in total. The second-order valence-electron chi connectivity index (χ2n) is 7.01. The highest BCUT2D eigenvalue weighted by molar-refractivity contribution is 5.87. The van der Waals surface area contributed by atoms with Gasteiger partial charge in [-0.3, -0.25) is 4.79 Å². The normalized spacial score (nSPS) is 24.8. The van der Waals surface area contributed by atoms with Crippen molar-refractivity contribution in [3.05, 3.63) is 29.8 Å². The molecular formula is C17H24N2O. The molecule has 0 spiro atoms. The standard InChI is InChI=1S/C17H24N2O/c1-17(2)9-7-13(8-10-17)18-16(20)15-11-12-5-3-4-6-14(12)19-15/h3-6,13,15,19H,7-11H2,1-2H3,(H,18,20). The van der Waals surface area contributed by atoms with Crippen molar-refractivity contribution in [3.8, 4) is 0 Å². The van der Waals surface area contributed by atoms with Crippen molar-refractivity contribution in [1.29, 1.82) is 0 Å². The SMILES string of the molecule is CC1(C)CCC(NC(=O)C2Cc3ccccc3N2)CC1. The van der Waals surface area contributed by atoms with Gasteiger partial charge in [-0.1, -0.05) is 32.0 Å². The van der Waals surface area contributed by atoms with Crippen LogP contribution in [-0.2, 0) is 11.2 Å². The summed E-state index contributed by atoms with van der Waals surface area (Å²) in [5, 5.41) is 6.56. The third-order valence-corrected chi connectivity index (χ3v) is 4.77. The van der Waals surface area contributed by atoms with Crippen molar-refractivity contribution in [2.24, 2.45) is 5.41 Å². The van der Waals surface area contributed by atoms with Crippen LogP contribution in [0.1, 0.15) is 45.1 Å². The van der Waals surface area contributed by atoms with Crippen LogP contribution in [0.3, 0.4) is 0 Å². The van der Waals surface area contributed by atoms with Crippen LogP contribution in [0.4, 0.5) is 5.69 Å². The fraction of sp³-hybridized carbons (Fsp3) is 0.588. The van der Waals surface area contributed by atoms with Crippen LogP contribution in [0.25, 0.3) is 0 Å². The van der Waals surface area contributed by atoms with Gasteiger partial charge in [-0.2, -0.15) is 0 Å². The Kier molecular flexibility index (Phi) is 3.45. The van der Waals surface area contributed by atoms with E-state index in [2.05, 4.69) is 30.5 Å². The molecule has 0 bridgehead atoms. The van der Waals surface area contributed by atoms with Gasteiger partial charge in [0.05, 0.1) is 0 Å². The Labute approximate surface area is 121 Å². The quantitative estimate of drug-likeness (QED) is 0.868. The summed E-state index contributed by atoms with van der Waals surface area (Å²) in [6, 6.07) is 8.45. The van der Waals surface area contributed by atoms with Crippen LogP contribution in [0.2, 0.25) is 0 Å². The zero-order valence-corrected chi connectivity index (χ0v) is 12.4. The molecule has 1 heterocycles. The maximum atomic E-state index is 12.4. The molecule has 1 aromatic carbocycles. The van der Waals surface area contributed by atoms with Crippen LogP contribution in [0, 0.1) is 5.41 Å². The average Bonchev–Trinajstić information content (AvgIpc) is 2.85. The molecular weight excluding hydrogens is 248 g/mol. The molecule has 0 radical (unpaired) electrons. The molecule has 1 saturated carbocycles. The van der Waals surface area contributed by atoms with Crippen molar-refractivity contribution in [1.82, 2.24) is 5.32 Å². The highest BCUT2D eigenvalue weighted by atomic mass is 16.2. The first-order valence-corrected chi connectivity index (χ1v) is 7.68. The molecule has 1 unspecified atom stereocenters. The first kappa shape index (κ1) is 13.5. The topological polar surface area (TPSA) is 41.1 Å². The van der Waals surface area contributed by atoms with Crippen molar-refractivity contribution in [2.45, 2.75) is 58.0 Å². The Morgan fingerprint density at radius 3 is 2.65 bits per heavy atom. The Morgan fingerprint density at radius 2 is 1.95 bits per heavy atom. The molecule has 3 heteroatoms. The molecule has 1 fully saturated rings. The summed E-state index contributed by atoms with van der Waals surface area (Å²) in [6.45, 7) is 4.64. The van der Waals surface area contributed by atoms with E-state index in [0.29, 0.717) is 11.5 Å². The molecule has 0 saturated heterocycles. The third-order valence-electron chi connectivity index (χ3n) is 4.77. The zero-order valence-electron chi connectivity index (χ0n) is 12.4. The summed E-state index contributed by atoms with van der Waals surface area (Å²) < 4.78 is 0. The van der Waals surface area contributed by atoms with Crippen molar-refractivity contribution < 1.29 is 4.79 Å². The highest BCUT2D eigenvalue weighted by Crippen LogP contribution is 2.35. The summed E-state index contributed by atoms with van der Waals surface area (Å²) in [4.78, 5) is 12.4. The third kappa shape index (κ3) is 2.82. The lowest BCUT2D eigenvalue weighted by molar-refractivity contribution is -0.122. The first-order valence-electron chi connectivity index (χ1n) is 7.68. The Hall–Kier alpha value is -1.51. The van der Waals surface area contributed by atoms with Crippen molar-refractivity contribution in [2.75, 3.05) is 5.32 Å². The van der Waals surface area contributed by atoms with E-state index >= 15 is 0 Å². The van der Waals surface area contributed by atoms with Gasteiger partial charge >= 0.3 is 0 Å². The molecule has 1 aliphatic heterocycles. The van der Waals surface area contributed by atoms with Gasteiger partial charge in [-0.15, -0.1) is 0 Å². The summed E-state index contributed by atoms with van der Waals surface area (Å²) >= 11 is 0. The van der Waals surface area contributed by atoms with Crippen LogP contribution >= 0.6 is 0 Å². The Bertz CT molecular complexity index is 474. The maximum absolute atomic E-state index is 12.4. The molecule has 20 heavy (non-hydrogen) atoms. The van der Waals surface area contributed by atoms with Crippen LogP contribution in [-0.4, -0.2) is 18.0 Å². The van der Waals surface area contributed by atoms with E-state index in [4.69, 9.17) is 0 Å². The van der Waals surface area contributed by atoms with E-state index in [1.54, 1.807) is 0 Å². The number of hydrogen-bond acceptors (Lipinski definition) is 2. The molecule has 0 aromatic heterocycles. The van der Waals surface area contributed by atoms with Gasteiger partial charge in [0, 0.05) is 18.2 Å². The second-order valence-corrected chi connectivity index (χ2v) is 7.01. The molecule has 3 rings (SSSR count). The molecule has 2 aliphatic rings. The van der Waals surface area contributed by atoms with Gasteiger partial charge in [-0.05, 0) is 42.7 Å². The predicted molar refractivity (Wildman–Crippen MR) is 81.7 cm³/mol. The predicted octanol–water partition coefficient (Wildman–Crippen LogP) is 3.11.